The van der Waals surface area contributed by atoms with Gasteiger partial charge in [-0.2, -0.15) is 16.8 Å². The van der Waals surface area contributed by atoms with Crippen molar-refractivity contribution >= 4 is 37.1 Å². The maximum atomic E-state index is 11.0. The summed E-state index contributed by atoms with van der Waals surface area (Å²) in [5.74, 6) is 0. The van der Waals surface area contributed by atoms with E-state index in [0.29, 0.717) is 6.07 Å². The van der Waals surface area contributed by atoms with Crippen LogP contribution in [0.3, 0.4) is 0 Å². The van der Waals surface area contributed by atoms with Crippen LogP contribution < -0.4 is 0 Å². The molecule has 1 aromatic carbocycles. The number of benzene rings is 1. The molecule has 0 saturated carbocycles. The van der Waals surface area contributed by atoms with Crippen molar-refractivity contribution in [3.8, 4) is 0 Å². The van der Waals surface area contributed by atoms with Gasteiger partial charge in [0, 0.05) is 0 Å². The molecule has 0 radical (unpaired) electrons. The molecule has 1 rings (SSSR count). The molecule has 0 aliphatic carbocycles. The first-order valence-electron chi connectivity index (χ1n) is 3.83. The van der Waals surface area contributed by atoms with Gasteiger partial charge in [0.05, 0.1) is 5.56 Å². The summed E-state index contributed by atoms with van der Waals surface area (Å²) in [6, 6.07) is 2.60. The third-order valence-electron chi connectivity index (χ3n) is 1.73. The highest BCUT2D eigenvalue weighted by Crippen LogP contribution is 2.25. The molecule has 0 spiro atoms. The number of carbonyl (C=O) groups is 1. The quantitative estimate of drug-likeness (QED) is 0.617. The Hall–Kier alpha value is -1.00. The van der Waals surface area contributed by atoms with E-state index in [-0.39, 0.29) is 0 Å². The number of rotatable bonds is 3. The topological polar surface area (TPSA) is 126 Å². The molecule has 94 valence electrons. The van der Waals surface area contributed by atoms with E-state index < -0.39 is 40.8 Å². The second-order valence-electron chi connectivity index (χ2n) is 2.86. The highest BCUT2D eigenvalue weighted by atomic mass is 35.5. The monoisotopic (exact) mass is 300 g/mol. The van der Waals surface area contributed by atoms with E-state index in [4.69, 9.17) is 20.7 Å². The van der Waals surface area contributed by atoms with Crippen LogP contribution >= 0.6 is 11.6 Å². The number of hydrogen-bond acceptors (Lipinski definition) is 5. The number of halogens is 1. The first-order valence-corrected chi connectivity index (χ1v) is 7.09. The lowest BCUT2D eigenvalue weighted by atomic mass is 10.2. The van der Waals surface area contributed by atoms with Crippen molar-refractivity contribution in [2.24, 2.45) is 0 Å². The third kappa shape index (κ3) is 3.01. The van der Waals surface area contributed by atoms with E-state index in [1.165, 1.54) is 0 Å². The van der Waals surface area contributed by atoms with Gasteiger partial charge >= 0.3 is 0 Å². The van der Waals surface area contributed by atoms with E-state index >= 15 is 0 Å². The summed E-state index contributed by atoms with van der Waals surface area (Å²) in [6.07, 6.45) is 0. The molecule has 0 amide bonds. The van der Waals surface area contributed by atoms with Gasteiger partial charge in [-0.3, -0.25) is 13.9 Å². The fraction of sp³-hybridized carbons (Fsp3) is 0. The van der Waals surface area contributed by atoms with E-state index in [1.807, 2.05) is 0 Å². The minimum Gasteiger partial charge on any atom is -0.282 e. The van der Waals surface area contributed by atoms with E-state index in [2.05, 4.69) is 0 Å². The molecule has 0 aromatic heterocycles. The van der Waals surface area contributed by atoms with E-state index in [0.717, 1.165) is 12.1 Å². The Kier molecular flexibility index (Phi) is 3.60. The summed E-state index contributed by atoms with van der Waals surface area (Å²) < 4.78 is 61.4. The van der Waals surface area contributed by atoms with Gasteiger partial charge < -0.3 is 0 Å². The van der Waals surface area contributed by atoms with Crippen molar-refractivity contribution in [2.45, 2.75) is 9.79 Å². The molecule has 17 heavy (non-hydrogen) atoms. The molecule has 10 heteroatoms. The van der Waals surface area contributed by atoms with Crippen molar-refractivity contribution < 1.29 is 30.7 Å². The van der Waals surface area contributed by atoms with Crippen molar-refractivity contribution in [3.63, 3.8) is 0 Å². The Labute approximate surface area is 102 Å². The van der Waals surface area contributed by atoms with Crippen molar-refractivity contribution in [1.82, 2.24) is 0 Å². The van der Waals surface area contributed by atoms with Crippen LogP contribution in [-0.4, -0.2) is 31.2 Å². The van der Waals surface area contributed by atoms with Gasteiger partial charge in [0.2, 0.25) is 0 Å². The average Bonchev–Trinajstić information content (AvgIpc) is 2.13. The van der Waals surface area contributed by atoms with Gasteiger partial charge in [-0.25, -0.2) is 0 Å². The van der Waals surface area contributed by atoms with Crippen LogP contribution in [0.4, 0.5) is 0 Å². The van der Waals surface area contributed by atoms with Crippen LogP contribution in [-0.2, 0) is 20.2 Å². The molecule has 7 nitrogen and oxygen atoms in total. The van der Waals surface area contributed by atoms with Gasteiger partial charge in [-0.05, 0) is 23.7 Å². The van der Waals surface area contributed by atoms with Gasteiger partial charge in [0.25, 0.3) is 25.5 Å². The molecule has 2 N–H and O–H groups in total. The summed E-state index contributed by atoms with van der Waals surface area (Å²) >= 11 is 5.05. The fourth-order valence-corrected chi connectivity index (χ4v) is 3.34. The standard InChI is InChI=1S/C7H5ClO7S2/c8-7(9)4-2-1-3-5(16(10,11)12)6(4)17(13,14)15/h1-3H,(H,10,11,12)(H,13,14,15). The highest BCUT2D eigenvalue weighted by molar-refractivity contribution is 7.89. The van der Waals surface area contributed by atoms with Gasteiger partial charge in [-0.1, -0.05) is 6.07 Å². The van der Waals surface area contributed by atoms with Crippen molar-refractivity contribution in [1.29, 1.82) is 0 Å². The molecule has 0 fully saturated rings. The third-order valence-corrected chi connectivity index (χ3v) is 3.91. The van der Waals surface area contributed by atoms with Crippen LogP contribution in [0.2, 0.25) is 0 Å². The highest BCUT2D eigenvalue weighted by Gasteiger charge is 2.29. The molecule has 0 bridgehead atoms. The fourth-order valence-electron chi connectivity index (χ4n) is 1.14. The van der Waals surface area contributed by atoms with Gasteiger partial charge in [0.15, 0.2) is 0 Å². The van der Waals surface area contributed by atoms with Crippen LogP contribution in [0, 0.1) is 0 Å². The Bertz CT molecular complexity index is 674. The molecular formula is C7H5ClO7S2. The zero-order valence-electron chi connectivity index (χ0n) is 7.86. The normalized spacial score (nSPS) is 12.4. The van der Waals surface area contributed by atoms with E-state index in [9.17, 15) is 21.6 Å². The molecule has 0 aliphatic rings. The van der Waals surface area contributed by atoms with Crippen LogP contribution in [0.5, 0.6) is 0 Å². The first-order chi connectivity index (χ1) is 7.55. The van der Waals surface area contributed by atoms with Gasteiger partial charge in [0.1, 0.15) is 9.79 Å². The molecule has 0 saturated heterocycles. The number of carbonyl (C=O) groups excluding carboxylic acids is 1. The lowest BCUT2D eigenvalue weighted by molar-refractivity contribution is 0.107. The molecule has 0 unspecified atom stereocenters. The van der Waals surface area contributed by atoms with Crippen LogP contribution in [0.1, 0.15) is 10.4 Å². The zero-order chi connectivity index (χ0) is 13.4. The summed E-state index contributed by atoms with van der Waals surface area (Å²) in [4.78, 5) is 8.54. The van der Waals surface area contributed by atoms with Crippen molar-refractivity contribution in [2.75, 3.05) is 0 Å². The Morgan fingerprint density at radius 2 is 1.59 bits per heavy atom. The molecular weight excluding hydrogens is 296 g/mol. The number of hydrogen-bond donors (Lipinski definition) is 2. The Morgan fingerprint density at radius 3 is 1.94 bits per heavy atom. The minimum absolute atomic E-state index is 0.710. The van der Waals surface area contributed by atoms with Crippen molar-refractivity contribution in [3.05, 3.63) is 23.8 Å². The first kappa shape index (κ1) is 14.1. The Morgan fingerprint density at radius 1 is 1.06 bits per heavy atom. The summed E-state index contributed by atoms with van der Waals surface area (Å²) in [7, 11) is -9.96. The second-order valence-corrected chi connectivity index (χ2v) is 5.95. The molecule has 0 heterocycles. The van der Waals surface area contributed by atoms with Crippen LogP contribution in [0.25, 0.3) is 0 Å². The second kappa shape index (κ2) is 4.35. The largest absolute Gasteiger partial charge is 0.296 e. The Balaban J connectivity index is 3.90. The summed E-state index contributed by atoms with van der Waals surface area (Å²) in [5, 5.41) is -1.29. The average molecular weight is 301 g/mol. The maximum Gasteiger partial charge on any atom is 0.296 e. The summed E-state index contributed by atoms with van der Waals surface area (Å²) in [5.41, 5.74) is -0.746. The zero-order valence-corrected chi connectivity index (χ0v) is 10.3. The SMILES string of the molecule is O=C(Cl)c1cccc(S(=O)(=O)O)c1S(=O)(=O)O. The minimum atomic E-state index is -5.04. The molecule has 1 aromatic rings. The van der Waals surface area contributed by atoms with E-state index in [1.54, 1.807) is 0 Å². The lowest BCUT2D eigenvalue weighted by Gasteiger charge is -2.07. The smallest absolute Gasteiger partial charge is 0.282 e. The van der Waals surface area contributed by atoms with Crippen LogP contribution in [0.15, 0.2) is 28.0 Å². The molecule has 0 atom stereocenters. The molecule has 0 aliphatic heterocycles. The lowest BCUT2D eigenvalue weighted by Crippen LogP contribution is -2.12. The predicted molar refractivity (Wildman–Crippen MR) is 56.3 cm³/mol. The summed E-state index contributed by atoms with van der Waals surface area (Å²) in [6.45, 7) is 0. The predicted octanol–water partition coefficient (Wildman–Crippen LogP) is 0.559. The van der Waals surface area contributed by atoms with Gasteiger partial charge in [-0.15, -0.1) is 0 Å². The maximum absolute atomic E-state index is 11.0.